The molecule has 0 saturated heterocycles. The van der Waals surface area contributed by atoms with E-state index in [0.29, 0.717) is 13.2 Å². The molecule has 4 nitrogen and oxygen atoms in total. The Labute approximate surface area is 108 Å². The van der Waals surface area contributed by atoms with Crippen molar-refractivity contribution in [1.29, 1.82) is 0 Å². The lowest BCUT2D eigenvalue weighted by Gasteiger charge is -2.08. The van der Waals surface area contributed by atoms with Gasteiger partial charge in [0.05, 0.1) is 12.7 Å². The normalized spacial score (nSPS) is 10.6. The third kappa shape index (κ3) is 7.04. The first-order valence-electron chi connectivity index (χ1n) is 6.20. The number of hydrogen-bond acceptors (Lipinski definition) is 4. The van der Waals surface area contributed by atoms with Gasteiger partial charge in [-0.2, -0.15) is 0 Å². The number of hydrogen-bond donors (Lipinski definition) is 1. The van der Waals surface area contributed by atoms with E-state index in [1.807, 2.05) is 32.0 Å². The van der Waals surface area contributed by atoms with Gasteiger partial charge >= 0.3 is 5.97 Å². The number of esters is 1. The minimum atomic E-state index is -0.312. The molecule has 0 fully saturated rings. The van der Waals surface area contributed by atoms with Crippen LogP contribution in [-0.4, -0.2) is 31.8 Å². The minimum Gasteiger partial charge on any atom is -0.461 e. The maximum absolute atomic E-state index is 11.1. The Balaban J connectivity index is 1.98. The van der Waals surface area contributed by atoms with E-state index in [1.165, 1.54) is 5.56 Å². The largest absolute Gasteiger partial charge is 0.461 e. The molecule has 1 rings (SSSR count). The lowest BCUT2D eigenvalue weighted by molar-refractivity contribution is -0.152. The quantitative estimate of drug-likeness (QED) is 0.565. The Morgan fingerprint density at radius 2 is 2.00 bits per heavy atom. The topological polar surface area (TPSA) is 47.6 Å². The van der Waals surface area contributed by atoms with Crippen molar-refractivity contribution >= 4 is 5.97 Å². The first-order valence-corrected chi connectivity index (χ1v) is 6.20. The average Bonchev–Trinajstić information content (AvgIpc) is 2.34. The summed E-state index contributed by atoms with van der Waals surface area (Å²) in [7, 11) is 0. The Hall–Kier alpha value is -1.39. The van der Waals surface area contributed by atoms with Gasteiger partial charge in [0.15, 0.2) is 0 Å². The van der Waals surface area contributed by atoms with Gasteiger partial charge in [0.1, 0.15) is 6.61 Å². The monoisotopic (exact) mass is 251 g/mol. The number of nitrogens with one attached hydrogen (secondary N) is 1. The van der Waals surface area contributed by atoms with Gasteiger partial charge in [-0.1, -0.05) is 30.3 Å². The van der Waals surface area contributed by atoms with Crippen LogP contribution in [0.4, 0.5) is 0 Å². The molecule has 4 heteroatoms. The molecular weight excluding hydrogens is 230 g/mol. The third-order valence-electron chi connectivity index (χ3n) is 2.18. The second-order valence-electron chi connectivity index (χ2n) is 4.25. The predicted octanol–water partition coefficient (Wildman–Crippen LogP) is 1.74. The fourth-order valence-corrected chi connectivity index (χ4v) is 1.43. The van der Waals surface area contributed by atoms with Crippen molar-refractivity contribution in [2.45, 2.75) is 26.5 Å². The lowest BCUT2D eigenvalue weighted by Crippen LogP contribution is -2.22. The molecular formula is C14H21NO3. The molecule has 0 aliphatic heterocycles. The SMILES string of the molecule is CC(C)OC(=O)COCCNCc1ccccc1. The fraction of sp³-hybridized carbons (Fsp3) is 0.500. The molecule has 0 amide bonds. The molecule has 0 bridgehead atoms. The smallest absolute Gasteiger partial charge is 0.332 e. The third-order valence-corrected chi connectivity index (χ3v) is 2.18. The summed E-state index contributed by atoms with van der Waals surface area (Å²) in [5, 5.41) is 3.24. The summed E-state index contributed by atoms with van der Waals surface area (Å²) in [5.41, 5.74) is 1.23. The number of rotatable bonds is 8. The zero-order valence-electron chi connectivity index (χ0n) is 11.0. The van der Waals surface area contributed by atoms with Gasteiger partial charge in [0.25, 0.3) is 0 Å². The molecule has 0 aliphatic rings. The van der Waals surface area contributed by atoms with Crippen LogP contribution in [-0.2, 0) is 20.8 Å². The number of ether oxygens (including phenoxy) is 2. The highest BCUT2D eigenvalue weighted by Crippen LogP contribution is 1.96. The molecule has 0 unspecified atom stereocenters. The Kier molecular flexibility index (Phi) is 7.06. The summed E-state index contributed by atoms with van der Waals surface area (Å²) >= 11 is 0. The van der Waals surface area contributed by atoms with Gasteiger partial charge in [0.2, 0.25) is 0 Å². The van der Waals surface area contributed by atoms with Crippen molar-refractivity contribution in [2.24, 2.45) is 0 Å². The van der Waals surface area contributed by atoms with Crippen molar-refractivity contribution in [2.75, 3.05) is 19.8 Å². The van der Waals surface area contributed by atoms with Gasteiger partial charge in [-0.3, -0.25) is 0 Å². The van der Waals surface area contributed by atoms with E-state index in [9.17, 15) is 4.79 Å². The van der Waals surface area contributed by atoms with Gasteiger partial charge in [-0.25, -0.2) is 4.79 Å². The van der Waals surface area contributed by atoms with Crippen molar-refractivity contribution in [3.05, 3.63) is 35.9 Å². The van der Waals surface area contributed by atoms with Crippen LogP contribution in [0.3, 0.4) is 0 Å². The van der Waals surface area contributed by atoms with E-state index >= 15 is 0 Å². The Bertz CT molecular complexity index is 338. The summed E-state index contributed by atoms with van der Waals surface area (Å²) in [4.78, 5) is 11.1. The zero-order chi connectivity index (χ0) is 13.2. The molecule has 18 heavy (non-hydrogen) atoms. The summed E-state index contributed by atoms with van der Waals surface area (Å²) in [6.07, 6.45) is -0.0858. The van der Waals surface area contributed by atoms with Crippen LogP contribution < -0.4 is 5.32 Å². The molecule has 0 heterocycles. The lowest BCUT2D eigenvalue weighted by atomic mass is 10.2. The zero-order valence-corrected chi connectivity index (χ0v) is 11.0. The van der Waals surface area contributed by atoms with Crippen LogP contribution in [0.5, 0.6) is 0 Å². The van der Waals surface area contributed by atoms with Crippen LogP contribution in [0.25, 0.3) is 0 Å². The second kappa shape index (κ2) is 8.66. The Morgan fingerprint density at radius 1 is 1.28 bits per heavy atom. The second-order valence-corrected chi connectivity index (χ2v) is 4.25. The maximum Gasteiger partial charge on any atom is 0.332 e. The maximum atomic E-state index is 11.1. The van der Waals surface area contributed by atoms with Gasteiger partial charge in [-0.15, -0.1) is 0 Å². The van der Waals surface area contributed by atoms with Crippen molar-refractivity contribution in [3.63, 3.8) is 0 Å². The van der Waals surface area contributed by atoms with Gasteiger partial charge < -0.3 is 14.8 Å². The highest BCUT2D eigenvalue weighted by Gasteiger charge is 2.04. The molecule has 0 aromatic heterocycles. The van der Waals surface area contributed by atoms with Crippen LogP contribution in [0.2, 0.25) is 0 Å². The van der Waals surface area contributed by atoms with Crippen molar-refractivity contribution in [3.8, 4) is 0 Å². The Morgan fingerprint density at radius 3 is 2.67 bits per heavy atom. The molecule has 0 radical (unpaired) electrons. The van der Waals surface area contributed by atoms with E-state index in [2.05, 4.69) is 17.4 Å². The number of benzene rings is 1. The van der Waals surface area contributed by atoms with E-state index in [-0.39, 0.29) is 18.7 Å². The fourth-order valence-electron chi connectivity index (χ4n) is 1.43. The van der Waals surface area contributed by atoms with Crippen molar-refractivity contribution < 1.29 is 14.3 Å². The van der Waals surface area contributed by atoms with E-state index in [4.69, 9.17) is 9.47 Å². The minimum absolute atomic E-state index is 0.0190. The highest BCUT2D eigenvalue weighted by molar-refractivity contribution is 5.70. The molecule has 1 aromatic rings. The molecule has 0 atom stereocenters. The molecule has 100 valence electrons. The van der Waals surface area contributed by atoms with Crippen molar-refractivity contribution in [1.82, 2.24) is 5.32 Å². The average molecular weight is 251 g/mol. The first kappa shape index (κ1) is 14.7. The summed E-state index contributed by atoms with van der Waals surface area (Å²) in [6.45, 7) is 5.67. The highest BCUT2D eigenvalue weighted by atomic mass is 16.6. The first-order chi connectivity index (χ1) is 8.68. The van der Waals surface area contributed by atoms with Crippen LogP contribution in [0.15, 0.2) is 30.3 Å². The molecule has 0 aliphatic carbocycles. The summed E-state index contributed by atoms with van der Waals surface area (Å²) in [6, 6.07) is 10.1. The van der Waals surface area contributed by atoms with Gasteiger partial charge in [-0.05, 0) is 19.4 Å². The van der Waals surface area contributed by atoms with E-state index in [1.54, 1.807) is 0 Å². The van der Waals surface area contributed by atoms with Crippen LogP contribution >= 0.6 is 0 Å². The van der Waals surface area contributed by atoms with E-state index in [0.717, 1.165) is 6.54 Å². The summed E-state index contributed by atoms with van der Waals surface area (Å²) in [5.74, 6) is -0.312. The predicted molar refractivity (Wildman–Crippen MR) is 70.2 cm³/mol. The molecule has 1 N–H and O–H groups in total. The van der Waals surface area contributed by atoms with Gasteiger partial charge in [0, 0.05) is 13.1 Å². The molecule has 0 spiro atoms. The standard InChI is InChI=1S/C14H21NO3/c1-12(2)18-14(16)11-17-9-8-15-10-13-6-4-3-5-7-13/h3-7,12,15H,8-11H2,1-2H3. The van der Waals surface area contributed by atoms with E-state index < -0.39 is 0 Å². The number of carbonyl (C=O) groups excluding carboxylic acids is 1. The number of carbonyl (C=O) groups is 1. The van der Waals surface area contributed by atoms with Crippen LogP contribution in [0, 0.1) is 0 Å². The van der Waals surface area contributed by atoms with Crippen LogP contribution in [0.1, 0.15) is 19.4 Å². The summed E-state index contributed by atoms with van der Waals surface area (Å²) < 4.78 is 10.1. The molecule has 0 saturated carbocycles. The molecule has 1 aromatic carbocycles.